The van der Waals surface area contributed by atoms with Gasteiger partial charge in [0, 0.05) is 12.8 Å². The number of rotatable bonds is 0. The Morgan fingerprint density at radius 3 is 2.17 bits per heavy atom. The zero-order valence-corrected chi connectivity index (χ0v) is 8.13. The van der Waals surface area contributed by atoms with Gasteiger partial charge < -0.3 is 0 Å². The molecule has 1 aromatic carbocycles. The minimum absolute atomic E-state index is 0.337. The molecule has 0 heterocycles. The molecule has 0 saturated heterocycles. The van der Waals surface area contributed by atoms with Gasteiger partial charge in [0.1, 0.15) is 4.32 Å². The number of benzene rings is 1. The second-order valence-electron chi connectivity index (χ2n) is 3.20. The quantitative estimate of drug-likeness (QED) is 0.618. The molecule has 0 bridgehead atoms. The van der Waals surface area contributed by atoms with Crippen molar-refractivity contribution in [3.8, 4) is 6.07 Å². The van der Waals surface area contributed by atoms with Crippen LogP contribution in [-0.2, 0) is 12.8 Å². The van der Waals surface area contributed by atoms with E-state index in [0.717, 1.165) is 12.8 Å². The van der Waals surface area contributed by atoms with Gasteiger partial charge in [-0.1, -0.05) is 40.2 Å². The average Bonchev–Trinajstić information content (AvgIpc) is 2.42. The number of nitrogens with zero attached hydrogens (tertiary/aromatic N) is 1. The van der Waals surface area contributed by atoms with Gasteiger partial charge in [0.2, 0.25) is 0 Å². The first-order chi connectivity index (χ1) is 5.73. The fourth-order valence-electron chi connectivity index (χ4n) is 1.65. The summed E-state index contributed by atoms with van der Waals surface area (Å²) >= 11 is 3.46. The highest BCUT2D eigenvalue weighted by atomic mass is 79.9. The molecule has 0 fully saturated rings. The molecule has 12 heavy (non-hydrogen) atoms. The second kappa shape index (κ2) is 2.60. The van der Waals surface area contributed by atoms with Crippen molar-refractivity contribution in [2.45, 2.75) is 17.2 Å². The lowest BCUT2D eigenvalue weighted by molar-refractivity contribution is 0.797. The van der Waals surface area contributed by atoms with Crippen LogP contribution >= 0.6 is 15.9 Å². The van der Waals surface area contributed by atoms with Crippen molar-refractivity contribution in [2.24, 2.45) is 0 Å². The van der Waals surface area contributed by atoms with Crippen LogP contribution in [-0.4, -0.2) is 4.32 Å². The third-order valence-electron chi connectivity index (χ3n) is 2.26. The molecule has 0 spiro atoms. The minimum Gasteiger partial charge on any atom is -0.197 e. The van der Waals surface area contributed by atoms with E-state index in [-0.39, 0.29) is 4.32 Å². The summed E-state index contributed by atoms with van der Waals surface area (Å²) in [5.74, 6) is 0. The van der Waals surface area contributed by atoms with E-state index in [1.165, 1.54) is 11.1 Å². The van der Waals surface area contributed by atoms with Gasteiger partial charge in [-0.15, -0.1) is 0 Å². The third kappa shape index (κ3) is 1.15. The minimum atomic E-state index is -0.337. The van der Waals surface area contributed by atoms with E-state index in [9.17, 15) is 0 Å². The maximum Gasteiger partial charge on any atom is 0.120 e. The van der Waals surface area contributed by atoms with Crippen LogP contribution in [0.25, 0.3) is 0 Å². The zero-order chi connectivity index (χ0) is 8.60. The molecule has 60 valence electrons. The summed E-state index contributed by atoms with van der Waals surface area (Å²) < 4.78 is -0.337. The molecule has 1 nitrogen and oxygen atoms in total. The summed E-state index contributed by atoms with van der Waals surface area (Å²) in [7, 11) is 0. The van der Waals surface area contributed by atoms with Crippen molar-refractivity contribution in [3.63, 3.8) is 0 Å². The topological polar surface area (TPSA) is 23.8 Å². The fraction of sp³-hybridized carbons (Fsp3) is 0.300. The van der Waals surface area contributed by atoms with Crippen molar-refractivity contribution in [3.05, 3.63) is 35.4 Å². The molecule has 0 unspecified atom stereocenters. The molecule has 2 heteroatoms. The smallest absolute Gasteiger partial charge is 0.120 e. The maximum absolute atomic E-state index is 8.90. The van der Waals surface area contributed by atoms with Crippen LogP contribution in [0.3, 0.4) is 0 Å². The summed E-state index contributed by atoms with van der Waals surface area (Å²) in [5, 5.41) is 8.90. The van der Waals surface area contributed by atoms with Crippen LogP contribution in [0.4, 0.5) is 0 Å². The van der Waals surface area contributed by atoms with Crippen molar-refractivity contribution in [2.75, 3.05) is 0 Å². The molecule has 0 N–H and O–H groups in total. The van der Waals surface area contributed by atoms with Gasteiger partial charge in [-0.3, -0.25) is 0 Å². The first-order valence-corrected chi connectivity index (χ1v) is 4.70. The number of alkyl halides is 1. The van der Waals surface area contributed by atoms with Crippen LogP contribution in [0.1, 0.15) is 11.1 Å². The Morgan fingerprint density at radius 2 is 1.75 bits per heavy atom. The van der Waals surface area contributed by atoms with E-state index >= 15 is 0 Å². The summed E-state index contributed by atoms with van der Waals surface area (Å²) in [6.45, 7) is 0. The number of fused-ring (bicyclic) bond motifs is 1. The predicted octanol–water partition coefficient (Wildman–Crippen LogP) is 2.44. The van der Waals surface area contributed by atoms with Crippen LogP contribution in [0, 0.1) is 11.3 Å². The lowest BCUT2D eigenvalue weighted by atomic mass is 10.1. The predicted molar refractivity (Wildman–Crippen MR) is 51.1 cm³/mol. The number of nitriles is 1. The number of halogens is 1. The van der Waals surface area contributed by atoms with E-state index in [1.54, 1.807) is 0 Å². The van der Waals surface area contributed by atoms with Gasteiger partial charge in [-0.25, -0.2) is 0 Å². The number of hydrogen-bond acceptors (Lipinski definition) is 1. The lowest BCUT2D eigenvalue weighted by Crippen LogP contribution is -2.17. The molecule has 1 aliphatic carbocycles. The molecule has 0 aliphatic heterocycles. The highest BCUT2D eigenvalue weighted by Crippen LogP contribution is 2.35. The highest BCUT2D eigenvalue weighted by Gasteiger charge is 2.34. The number of hydrogen-bond donors (Lipinski definition) is 0. The van der Waals surface area contributed by atoms with Crippen molar-refractivity contribution < 1.29 is 0 Å². The van der Waals surface area contributed by atoms with E-state index in [0.29, 0.717) is 0 Å². The molecule has 0 saturated carbocycles. The molecule has 0 atom stereocenters. The van der Waals surface area contributed by atoms with Crippen LogP contribution < -0.4 is 0 Å². The van der Waals surface area contributed by atoms with Crippen LogP contribution in [0.15, 0.2) is 24.3 Å². The summed E-state index contributed by atoms with van der Waals surface area (Å²) in [4.78, 5) is 0. The Balaban J connectivity index is 2.41. The molecular weight excluding hydrogens is 214 g/mol. The van der Waals surface area contributed by atoms with Gasteiger partial charge in [-0.2, -0.15) is 5.26 Å². The fourth-order valence-corrected chi connectivity index (χ4v) is 2.25. The van der Waals surface area contributed by atoms with Gasteiger partial charge in [0.25, 0.3) is 0 Å². The zero-order valence-electron chi connectivity index (χ0n) is 6.55. The van der Waals surface area contributed by atoms with Gasteiger partial charge >= 0.3 is 0 Å². The Labute approximate surface area is 80.1 Å². The highest BCUT2D eigenvalue weighted by molar-refractivity contribution is 9.10. The first kappa shape index (κ1) is 7.82. The molecule has 1 aliphatic rings. The Kier molecular flexibility index (Phi) is 1.69. The van der Waals surface area contributed by atoms with E-state index in [1.807, 2.05) is 12.1 Å². The average molecular weight is 222 g/mol. The molecule has 0 aromatic heterocycles. The molecule has 2 rings (SSSR count). The molecule has 1 aromatic rings. The SMILES string of the molecule is N#CC1(Br)Cc2ccccc2C1. The van der Waals surface area contributed by atoms with E-state index in [4.69, 9.17) is 5.26 Å². The van der Waals surface area contributed by atoms with Crippen LogP contribution in [0.5, 0.6) is 0 Å². The van der Waals surface area contributed by atoms with Crippen molar-refractivity contribution in [1.82, 2.24) is 0 Å². The third-order valence-corrected chi connectivity index (χ3v) is 3.00. The summed E-state index contributed by atoms with van der Waals surface area (Å²) in [5.41, 5.74) is 2.60. The monoisotopic (exact) mass is 221 g/mol. The van der Waals surface area contributed by atoms with E-state index < -0.39 is 0 Å². The van der Waals surface area contributed by atoms with Gasteiger partial charge in [0.15, 0.2) is 0 Å². The Hall–Kier alpha value is -0.810. The standard InChI is InChI=1S/C10H8BrN/c11-10(7-12)5-8-3-1-2-4-9(8)6-10/h1-4H,5-6H2. The normalized spacial score (nSPS) is 18.3. The molecular formula is C10H8BrN. The van der Waals surface area contributed by atoms with Gasteiger partial charge in [-0.05, 0) is 11.1 Å². The second-order valence-corrected chi connectivity index (χ2v) is 4.72. The molecule has 0 amide bonds. The first-order valence-electron chi connectivity index (χ1n) is 3.90. The lowest BCUT2D eigenvalue weighted by Gasteiger charge is -2.08. The molecule has 0 radical (unpaired) electrons. The summed E-state index contributed by atoms with van der Waals surface area (Å²) in [6, 6.07) is 10.5. The Morgan fingerprint density at radius 1 is 1.25 bits per heavy atom. The van der Waals surface area contributed by atoms with Crippen molar-refractivity contribution >= 4 is 15.9 Å². The van der Waals surface area contributed by atoms with E-state index in [2.05, 4.69) is 34.1 Å². The van der Waals surface area contributed by atoms with Crippen molar-refractivity contribution in [1.29, 1.82) is 5.26 Å². The van der Waals surface area contributed by atoms with Gasteiger partial charge in [0.05, 0.1) is 6.07 Å². The Bertz CT molecular complexity index is 326. The van der Waals surface area contributed by atoms with Crippen LogP contribution in [0.2, 0.25) is 0 Å². The summed E-state index contributed by atoms with van der Waals surface area (Å²) in [6.07, 6.45) is 1.67. The largest absolute Gasteiger partial charge is 0.197 e. The maximum atomic E-state index is 8.90.